The maximum Gasteiger partial charge on any atom is 0.347 e. The molecule has 1 N–H and O–H groups in total. The lowest BCUT2D eigenvalue weighted by Gasteiger charge is -2.12. The van der Waals surface area contributed by atoms with Gasteiger partial charge in [0.2, 0.25) is 0 Å². The first-order chi connectivity index (χ1) is 9.97. The van der Waals surface area contributed by atoms with Crippen LogP contribution in [0.4, 0.5) is 0 Å². The van der Waals surface area contributed by atoms with Crippen LogP contribution in [0.5, 0.6) is 0 Å². The van der Waals surface area contributed by atoms with Gasteiger partial charge < -0.3 is 14.4 Å². The molecule has 0 fully saturated rings. The molecule has 3 rings (SSSR count). The Kier molecular flexibility index (Phi) is 5.07. The van der Waals surface area contributed by atoms with Gasteiger partial charge in [-0.15, -0.1) is 12.4 Å². The summed E-state index contributed by atoms with van der Waals surface area (Å²) in [5.41, 5.74) is 2.69. The van der Waals surface area contributed by atoms with Gasteiger partial charge in [-0.3, -0.25) is 0 Å². The van der Waals surface area contributed by atoms with E-state index in [1.165, 1.54) is 6.08 Å². The van der Waals surface area contributed by atoms with Crippen LogP contribution in [0, 0.1) is 0 Å². The minimum absolute atomic E-state index is 0. The van der Waals surface area contributed by atoms with Gasteiger partial charge in [0.15, 0.2) is 0 Å². The number of rotatable bonds is 2. The lowest BCUT2D eigenvalue weighted by atomic mass is 10.0. The second kappa shape index (κ2) is 6.50. The molecule has 0 amide bonds. The molecule has 2 aromatic rings. The monoisotopic (exact) mass is 361 g/mol. The molecule has 1 aromatic carbocycles. The first-order valence-electron chi connectivity index (χ1n) is 6.49. The van der Waals surface area contributed by atoms with E-state index in [1.807, 2.05) is 19.2 Å². The van der Waals surface area contributed by atoms with Crippen molar-refractivity contribution in [3.8, 4) is 0 Å². The second-order valence-electron chi connectivity index (χ2n) is 5.13. The summed E-state index contributed by atoms with van der Waals surface area (Å²) in [6, 6.07) is 3.62. The fourth-order valence-corrected chi connectivity index (χ4v) is 3.02. The van der Waals surface area contributed by atoms with E-state index < -0.39 is 5.97 Å². The lowest BCUT2D eigenvalue weighted by Crippen LogP contribution is -2.18. The van der Waals surface area contributed by atoms with Crippen LogP contribution < -0.4 is 0 Å². The molecule has 0 aliphatic carbocycles. The number of benzene rings is 1. The third-order valence-corrected chi connectivity index (χ3v) is 4.30. The number of carbonyl (C=O) groups is 1. The summed E-state index contributed by atoms with van der Waals surface area (Å²) in [6.45, 7) is 1.54. The summed E-state index contributed by atoms with van der Waals surface area (Å²) >= 11 is 12.0. The summed E-state index contributed by atoms with van der Waals surface area (Å²) in [4.78, 5) is 13.1. The number of carboxylic acids is 1. The predicted octanol–water partition coefficient (Wildman–Crippen LogP) is 4.16. The van der Waals surface area contributed by atoms with E-state index in [1.54, 1.807) is 0 Å². The Balaban J connectivity index is 0.00000176. The van der Waals surface area contributed by atoms with E-state index in [-0.39, 0.29) is 17.4 Å². The summed E-state index contributed by atoms with van der Waals surface area (Å²) in [5, 5.41) is 10.3. The molecular weight excluding hydrogens is 349 g/mol. The van der Waals surface area contributed by atoms with Gasteiger partial charge in [-0.1, -0.05) is 23.2 Å². The first-order valence-corrected chi connectivity index (χ1v) is 7.24. The van der Waals surface area contributed by atoms with Crippen LogP contribution in [-0.2, 0) is 17.8 Å². The molecule has 4 nitrogen and oxygen atoms in total. The Bertz CT molecular complexity index is 767. The number of carboxylic acid groups (broad SMARTS) is 1. The number of hydrogen-bond acceptors (Lipinski definition) is 3. The van der Waals surface area contributed by atoms with Crippen molar-refractivity contribution in [2.24, 2.45) is 0 Å². The third kappa shape index (κ3) is 2.97. The molecule has 0 unspecified atom stereocenters. The highest BCUT2D eigenvalue weighted by Crippen LogP contribution is 2.37. The van der Waals surface area contributed by atoms with E-state index in [2.05, 4.69) is 4.90 Å². The van der Waals surface area contributed by atoms with Gasteiger partial charge in [0.25, 0.3) is 0 Å². The molecule has 2 heterocycles. The van der Waals surface area contributed by atoms with Crippen LogP contribution in [0.2, 0.25) is 5.02 Å². The Hall–Kier alpha value is -1.20. The molecule has 22 heavy (non-hydrogen) atoms. The van der Waals surface area contributed by atoms with E-state index in [0.29, 0.717) is 22.9 Å². The van der Waals surface area contributed by atoms with Gasteiger partial charge in [-0.05, 0) is 31.2 Å². The Morgan fingerprint density at radius 2 is 2.14 bits per heavy atom. The number of halogens is 3. The van der Waals surface area contributed by atoms with Gasteiger partial charge in [-0.25, -0.2) is 4.79 Å². The molecule has 0 radical (unpaired) electrons. The highest BCUT2D eigenvalue weighted by atomic mass is 35.5. The van der Waals surface area contributed by atoms with Crippen LogP contribution >= 0.6 is 35.6 Å². The smallest absolute Gasteiger partial charge is 0.347 e. The number of nitrogens with zero attached hydrogens (tertiary/aromatic N) is 1. The van der Waals surface area contributed by atoms with Crippen LogP contribution in [0.3, 0.4) is 0 Å². The quantitative estimate of drug-likeness (QED) is 0.815. The summed E-state index contributed by atoms with van der Waals surface area (Å²) in [5.74, 6) is -0.695. The van der Waals surface area contributed by atoms with Crippen molar-refractivity contribution in [2.45, 2.75) is 13.0 Å². The topological polar surface area (TPSA) is 53.7 Å². The van der Waals surface area contributed by atoms with E-state index >= 15 is 0 Å². The Morgan fingerprint density at radius 3 is 2.82 bits per heavy atom. The highest BCUT2D eigenvalue weighted by molar-refractivity contribution is 6.43. The predicted molar refractivity (Wildman–Crippen MR) is 90.0 cm³/mol. The van der Waals surface area contributed by atoms with Crippen LogP contribution in [0.1, 0.15) is 16.9 Å². The maximum absolute atomic E-state index is 10.9. The number of hydrogen-bond donors (Lipinski definition) is 1. The lowest BCUT2D eigenvalue weighted by molar-refractivity contribution is -0.131. The largest absolute Gasteiger partial charge is 0.477 e. The third-order valence-electron chi connectivity index (χ3n) is 3.67. The van der Waals surface area contributed by atoms with Crippen LogP contribution in [0.15, 0.2) is 21.6 Å². The zero-order valence-corrected chi connectivity index (χ0v) is 14.1. The van der Waals surface area contributed by atoms with Crippen molar-refractivity contribution in [3.63, 3.8) is 0 Å². The van der Waals surface area contributed by atoms with Crippen LogP contribution in [0.25, 0.3) is 17.0 Å². The van der Waals surface area contributed by atoms with Gasteiger partial charge in [0, 0.05) is 35.1 Å². The first kappa shape index (κ1) is 17.2. The average Bonchev–Trinajstić information content (AvgIpc) is 2.64. The average molecular weight is 363 g/mol. The summed E-state index contributed by atoms with van der Waals surface area (Å²) in [7, 11) is 2.00. The number of furan rings is 1. The number of aliphatic carboxylic acids is 1. The van der Waals surface area contributed by atoms with Gasteiger partial charge in [-0.2, -0.15) is 0 Å². The zero-order valence-electron chi connectivity index (χ0n) is 11.7. The maximum atomic E-state index is 10.9. The second-order valence-corrected chi connectivity index (χ2v) is 5.94. The fraction of sp³-hybridized carbons (Fsp3) is 0.267. The van der Waals surface area contributed by atoms with Crippen molar-refractivity contribution in [1.82, 2.24) is 4.90 Å². The molecule has 118 valence electrons. The molecule has 1 aromatic heterocycles. The molecule has 0 saturated heterocycles. The van der Waals surface area contributed by atoms with E-state index in [0.717, 1.165) is 29.5 Å². The Labute approximate surface area is 143 Å². The van der Waals surface area contributed by atoms with Crippen molar-refractivity contribution in [1.29, 1.82) is 0 Å². The zero-order chi connectivity index (χ0) is 15.1. The minimum atomic E-state index is -1.18. The van der Waals surface area contributed by atoms with Crippen molar-refractivity contribution < 1.29 is 14.3 Å². The summed E-state index contributed by atoms with van der Waals surface area (Å²) < 4.78 is 5.78. The summed E-state index contributed by atoms with van der Waals surface area (Å²) in [6.07, 6.45) is 2.19. The van der Waals surface area contributed by atoms with E-state index in [9.17, 15) is 4.79 Å². The van der Waals surface area contributed by atoms with Gasteiger partial charge in [0.1, 0.15) is 16.4 Å². The molecule has 1 aliphatic rings. The molecule has 0 saturated carbocycles. The molecule has 0 atom stereocenters. The van der Waals surface area contributed by atoms with Crippen LogP contribution in [-0.4, -0.2) is 29.6 Å². The van der Waals surface area contributed by atoms with E-state index in [4.69, 9.17) is 32.7 Å². The molecule has 1 aliphatic heterocycles. The Morgan fingerprint density at radius 1 is 1.41 bits per heavy atom. The van der Waals surface area contributed by atoms with Gasteiger partial charge in [0.05, 0.1) is 0 Å². The van der Waals surface area contributed by atoms with Crippen molar-refractivity contribution >= 4 is 58.6 Å². The fourth-order valence-electron chi connectivity index (χ4n) is 2.67. The molecular formula is C15H14Cl3NO3. The molecule has 0 spiro atoms. The van der Waals surface area contributed by atoms with Gasteiger partial charge >= 0.3 is 5.97 Å². The number of likely N-dealkylation sites (N-methyl/N-ethyl adjacent to an activating group) is 1. The van der Waals surface area contributed by atoms with Crippen molar-refractivity contribution in [2.75, 3.05) is 13.6 Å². The molecule has 0 bridgehead atoms. The normalized spacial score (nSPS) is 15.5. The van der Waals surface area contributed by atoms with Crippen molar-refractivity contribution in [3.05, 3.63) is 39.1 Å². The highest BCUT2D eigenvalue weighted by Gasteiger charge is 2.23. The molecule has 7 heteroatoms. The standard InChI is InChI=1S/C15H13Cl2NO3.ClH/c1-18-5-4-8-10(16)2-3-12-14(8)9(7-18)13(21-12)6-11(17)15(19)20;/h2-3,6H,4-5,7H2,1H3,(H,19,20);1H/b11-6+;. The SMILES string of the molecule is CN1CCc2c(Cl)ccc3oc(/C=C(/Cl)C(=O)O)c(c23)C1.Cl. The minimum Gasteiger partial charge on any atom is -0.477 e.